The Balaban J connectivity index is 2.35. The van der Waals surface area contributed by atoms with E-state index in [9.17, 15) is 4.79 Å². The molecule has 0 bridgehead atoms. The van der Waals surface area contributed by atoms with Gasteiger partial charge in [-0.3, -0.25) is 4.79 Å². The predicted octanol–water partition coefficient (Wildman–Crippen LogP) is 1.60. The summed E-state index contributed by atoms with van der Waals surface area (Å²) < 4.78 is 8.88. The van der Waals surface area contributed by atoms with Crippen LogP contribution in [0.3, 0.4) is 0 Å². The maximum atomic E-state index is 11.2. The summed E-state index contributed by atoms with van der Waals surface area (Å²) >= 11 is 1.29. The average molecular weight is 229 g/mol. The van der Waals surface area contributed by atoms with Crippen LogP contribution in [0.2, 0.25) is 0 Å². The van der Waals surface area contributed by atoms with Gasteiger partial charge in [0.25, 0.3) is 0 Å². The van der Waals surface area contributed by atoms with E-state index in [2.05, 4.69) is 14.7 Å². The number of aromatic nitrogens is 2. The monoisotopic (exact) mass is 229 g/mol. The van der Waals surface area contributed by atoms with Crippen molar-refractivity contribution >= 4 is 22.6 Å². The summed E-state index contributed by atoms with van der Waals surface area (Å²) in [5, 5.41) is 3.84. The number of aryl methyl sites for hydroxylation is 1. The van der Waals surface area contributed by atoms with Gasteiger partial charge in [0, 0.05) is 17.6 Å². The Kier molecular flexibility index (Phi) is 4.48. The van der Waals surface area contributed by atoms with Crippen LogP contribution in [0, 0.1) is 6.92 Å². The van der Waals surface area contributed by atoms with Crippen molar-refractivity contribution < 1.29 is 9.53 Å². The van der Waals surface area contributed by atoms with Gasteiger partial charge >= 0.3 is 5.97 Å². The minimum absolute atomic E-state index is 0.0106. The molecule has 0 aliphatic rings. The molecule has 1 unspecified atom stereocenters. The highest BCUT2D eigenvalue weighted by molar-refractivity contribution is 7.09. The van der Waals surface area contributed by atoms with Gasteiger partial charge in [-0.2, -0.15) is 4.37 Å². The van der Waals surface area contributed by atoms with Gasteiger partial charge in [-0.05, 0) is 20.8 Å². The van der Waals surface area contributed by atoms with E-state index in [1.807, 2.05) is 13.8 Å². The molecule has 5 nitrogen and oxygen atoms in total. The van der Waals surface area contributed by atoms with Gasteiger partial charge in [0.1, 0.15) is 5.82 Å². The molecule has 0 aliphatic carbocycles. The van der Waals surface area contributed by atoms with Gasteiger partial charge in [0.2, 0.25) is 5.13 Å². The Morgan fingerprint density at radius 2 is 2.40 bits per heavy atom. The number of hydrogen-bond acceptors (Lipinski definition) is 6. The molecule has 1 N–H and O–H groups in total. The molecule has 84 valence electrons. The van der Waals surface area contributed by atoms with Crippen LogP contribution in [0.1, 0.15) is 26.1 Å². The fourth-order valence-corrected chi connectivity index (χ4v) is 1.77. The number of rotatable bonds is 5. The Bertz CT molecular complexity index is 327. The van der Waals surface area contributed by atoms with Crippen LogP contribution in [0.4, 0.5) is 5.13 Å². The molecule has 0 saturated carbocycles. The van der Waals surface area contributed by atoms with Crippen molar-refractivity contribution in [2.75, 3.05) is 11.9 Å². The minimum atomic E-state index is -0.196. The second-order valence-corrected chi connectivity index (χ2v) is 3.95. The Morgan fingerprint density at radius 1 is 1.67 bits per heavy atom. The topological polar surface area (TPSA) is 64.1 Å². The van der Waals surface area contributed by atoms with E-state index in [1.165, 1.54) is 11.5 Å². The highest BCUT2D eigenvalue weighted by atomic mass is 32.1. The van der Waals surface area contributed by atoms with Crippen LogP contribution in [0.15, 0.2) is 0 Å². The first-order valence-electron chi connectivity index (χ1n) is 4.84. The lowest BCUT2D eigenvalue weighted by atomic mass is 10.2. The van der Waals surface area contributed by atoms with Crippen molar-refractivity contribution in [2.24, 2.45) is 0 Å². The zero-order valence-corrected chi connectivity index (χ0v) is 9.93. The Morgan fingerprint density at radius 3 is 2.93 bits per heavy atom. The lowest BCUT2D eigenvalue weighted by Crippen LogP contribution is -2.20. The van der Waals surface area contributed by atoms with Crippen molar-refractivity contribution in [3.63, 3.8) is 0 Å². The van der Waals surface area contributed by atoms with E-state index in [4.69, 9.17) is 4.74 Å². The van der Waals surface area contributed by atoms with Crippen LogP contribution in [-0.4, -0.2) is 28.0 Å². The van der Waals surface area contributed by atoms with E-state index in [1.54, 1.807) is 6.92 Å². The van der Waals surface area contributed by atoms with Gasteiger partial charge in [-0.1, -0.05) is 0 Å². The van der Waals surface area contributed by atoms with Crippen LogP contribution in [0.5, 0.6) is 0 Å². The van der Waals surface area contributed by atoms with Crippen molar-refractivity contribution in [3.8, 4) is 0 Å². The van der Waals surface area contributed by atoms with Gasteiger partial charge in [-0.15, -0.1) is 0 Å². The number of carbonyl (C=O) groups is 1. The second kappa shape index (κ2) is 5.65. The molecule has 1 heterocycles. The molecule has 6 heteroatoms. The van der Waals surface area contributed by atoms with Crippen LogP contribution >= 0.6 is 11.5 Å². The molecule has 1 atom stereocenters. The van der Waals surface area contributed by atoms with Crippen LogP contribution in [0.25, 0.3) is 0 Å². The summed E-state index contributed by atoms with van der Waals surface area (Å²) in [6.45, 7) is 5.96. The molecular formula is C9H15N3O2S. The number of ether oxygens (including phenoxy) is 1. The van der Waals surface area contributed by atoms with Crippen LogP contribution < -0.4 is 5.32 Å². The number of nitrogens with one attached hydrogen (secondary N) is 1. The quantitative estimate of drug-likeness (QED) is 0.777. The maximum Gasteiger partial charge on any atom is 0.307 e. The molecular weight excluding hydrogens is 214 g/mol. The summed E-state index contributed by atoms with van der Waals surface area (Å²) in [4.78, 5) is 15.3. The van der Waals surface area contributed by atoms with E-state index in [-0.39, 0.29) is 12.0 Å². The molecule has 1 aromatic rings. The number of esters is 1. The summed E-state index contributed by atoms with van der Waals surface area (Å²) in [5.41, 5.74) is 0. The molecule has 0 aliphatic heterocycles. The third-order valence-electron chi connectivity index (χ3n) is 1.68. The maximum absolute atomic E-state index is 11.2. The van der Waals surface area contributed by atoms with Gasteiger partial charge in [-0.25, -0.2) is 4.98 Å². The van der Waals surface area contributed by atoms with E-state index in [0.717, 1.165) is 11.0 Å². The fourth-order valence-electron chi connectivity index (χ4n) is 1.09. The Hall–Kier alpha value is -1.17. The minimum Gasteiger partial charge on any atom is -0.466 e. The zero-order valence-electron chi connectivity index (χ0n) is 9.11. The van der Waals surface area contributed by atoms with Crippen LogP contribution in [-0.2, 0) is 9.53 Å². The van der Waals surface area contributed by atoms with Crippen molar-refractivity contribution in [1.82, 2.24) is 9.36 Å². The Labute approximate surface area is 93.0 Å². The largest absolute Gasteiger partial charge is 0.466 e. The first-order valence-corrected chi connectivity index (χ1v) is 5.61. The molecule has 0 spiro atoms. The lowest BCUT2D eigenvalue weighted by molar-refractivity contribution is -0.143. The first kappa shape index (κ1) is 11.9. The number of carbonyl (C=O) groups excluding carboxylic acids is 1. The van der Waals surface area contributed by atoms with Gasteiger partial charge < -0.3 is 10.1 Å². The molecule has 15 heavy (non-hydrogen) atoms. The normalized spacial score (nSPS) is 12.2. The van der Waals surface area contributed by atoms with Gasteiger partial charge in [0.05, 0.1) is 13.0 Å². The second-order valence-electron chi connectivity index (χ2n) is 3.20. The summed E-state index contributed by atoms with van der Waals surface area (Å²) in [7, 11) is 0. The number of hydrogen-bond donors (Lipinski definition) is 1. The number of anilines is 1. The SMILES string of the molecule is CCOC(=O)CC(C)Nc1nc(C)ns1. The van der Waals surface area contributed by atoms with Crippen molar-refractivity contribution in [1.29, 1.82) is 0 Å². The lowest BCUT2D eigenvalue weighted by Gasteiger charge is -2.10. The molecule has 1 rings (SSSR count). The standard InChI is InChI=1S/C9H15N3O2S/c1-4-14-8(13)5-6(2)10-9-11-7(3)12-15-9/h6H,4-5H2,1-3H3,(H,10,11,12). The third-order valence-corrected chi connectivity index (χ3v) is 2.41. The van der Waals surface area contributed by atoms with E-state index >= 15 is 0 Å². The molecule has 0 amide bonds. The highest BCUT2D eigenvalue weighted by Crippen LogP contribution is 2.12. The van der Waals surface area contributed by atoms with E-state index in [0.29, 0.717) is 13.0 Å². The zero-order chi connectivity index (χ0) is 11.3. The predicted molar refractivity (Wildman–Crippen MR) is 59.0 cm³/mol. The summed E-state index contributed by atoms with van der Waals surface area (Å²) in [6, 6.07) is 0.0106. The van der Waals surface area contributed by atoms with Crippen molar-refractivity contribution in [2.45, 2.75) is 33.2 Å². The smallest absolute Gasteiger partial charge is 0.307 e. The third kappa shape index (κ3) is 4.24. The highest BCUT2D eigenvalue weighted by Gasteiger charge is 2.11. The molecule has 0 radical (unpaired) electrons. The van der Waals surface area contributed by atoms with Crippen molar-refractivity contribution in [3.05, 3.63) is 5.82 Å². The average Bonchev–Trinajstić information content (AvgIpc) is 2.51. The number of nitrogens with zero attached hydrogens (tertiary/aromatic N) is 2. The summed E-state index contributed by atoms with van der Waals surface area (Å²) in [6.07, 6.45) is 0.340. The molecule has 1 aromatic heterocycles. The first-order chi connectivity index (χ1) is 7.11. The molecule has 0 saturated heterocycles. The van der Waals surface area contributed by atoms with E-state index < -0.39 is 0 Å². The fraction of sp³-hybridized carbons (Fsp3) is 0.667. The molecule has 0 fully saturated rings. The van der Waals surface area contributed by atoms with Gasteiger partial charge in [0.15, 0.2) is 0 Å². The summed E-state index contributed by atoms with van der Waals surface area (Å²) in [5.74, 6) is 0.546. The molecule has 0 aromatic carbocycles.